The molecule has 5 nitrogen and oxygen atoms in total. The number of carbonyl (C=O) groups excluding carboxylic acids is 1. The van der Waals surface area contributed by atoms with Crippen LogP contribution in [0.4, 0.5) is 0 Å². The highest BCUT2D eigenvalue weighted by molar-refractivity contribution is 5.94. The molecule has 0 radical (unpaired) electrons. The van der Waals surface area contributed by atoms with Crippen LogP contribution in [0.1, 0.15) is 45.1 Å². The quantitative estimate of drug-likeness (QED) is 0.251. The molecule has 0 aliphatic carbocycles. The van der Waals surface area contributed by atoms with E-state index >= 15 is 0 Å². The van der Waals surface area contributed by atoms with Gasteiger partial charge in [0.25, 0.3) is 0 Å². The maximum Gasteiger partial charge on any atom is 0.344 e. The second-order valence-electron chi connectivity index (χ2n) is 7.21. The summed E-state index contributed by atoms with van der Waals surface area (Å²) in [6, 6.07) is 15.0. The molecule has 1 heterocycles. The maximum absolute atomic E-state index is 12.2. The molecule has 0 amide bonds. The smallest absolute Gasteiger partial charge is 0.344 e. The minimum absolute atomic E-state index is 0.177. The first kappa shape index (κ1) is 21.6. The summed E-state index contributed by atoms with van der Waals surface area (Å²) >= 11 is 0. The van der Waals surface area contributed by atoms with Gasteiger partial charge in [-0.05, 0) is 42.5 Å². The van der Waals surface area contributed by atoms with Gasteiger partial charge in [0.15, 0.2) is 6.61 Å². The van der Waals surface area contributed by atoms with E-state index in [9.17, 15) is 9.59 Å². The third-order valence-electron chi connectivity index (χ3n) is 4.96. The van der Waals surface area contributed by atoms with Crippen LogP contribution in [0.5, 0.6) is 5.75 Å². The Kier molecular flexibility index (Phi) is 7.66. The summed E-state index contributed by atoms with van der Waals surface area (Å²) in [5.41, 5.74) is 2.79. The Hall–Kier alpha value is -3.08. The first-order valence-corrected chi connectivity index (χ1v) is 10.6. The zero-order valence-corrected chi connectivity index (χ0v) is 17.6. The molecule has 3 aromatic rings. The highest BCUT2D eigenvalue weighted by Gasteiger charge is 2.14. The summed E-state index contributed by atoms with van der Waals surface area (Å²) in [5, 5.41) is 0.856. The van der Waals surface area contributed by atoms with Gasteiger partial charge in [-0.2, -0.15) is 0 Å². The van der Waals surface area contributed by atoms with E-state index in [-0.39, 0.29) is 6.61 Å². The predicted molar refractivity (Wildman–Crippen MR) is 118 cm³/mol. The largest absolute Gasteiger partial charge is 0.481 e. The van der Waals surface area contributed by atoms with Crippen LogP contribution in [-0.4, -0.2) is 19.2 Å². The zero-order valence-electron chi connectivity index (χ0n) is 17.6. The lowest BCUT2D eigenvalue weighted by Gasteiger charge is -2.14. The van der Waals surface area contributed by atoms with Crippen molar-refractivity contribution in [3.05, 3.63) is 64.5 Å². The molecule has 2 aromatic carbocycles. The van der Waals surface area contributed by atoms with Gasteiger partial charge in [-0.15, -0.1) is 0 Å². The van der Waals surface area contributed by atoms with Gasteiger partial charge in [-0.1, -0.05) is 56.5 Å². The fraction of sp³-hybridized carbons (Fsp3) is 0.360. The molecular weight excluding hydrogens is 380 g/mol. The summed E-state index contributed by atoms with van der Waals surface area (Å²) < 4.78 is 16.2. The van der Waals surface area contributed by atoms with Crippen molar-refractivity contribution in [2.45, 2.75) is 46.0 Å². The van der Waals surface area contributed by atoms with E-state index in [2.05, 4.69) is 6.92 Å². The Morgan fingerprint density at radius 1 is 1.00 bits per heavy atom. The van der Waals surface area contributed by atoms with Crippen molar-refractivity contribution >= 4 is 16.9 Å². The number of aryl methyl sites for hydroxylation is 1. The number of esters is 1. The van der Waals surface area contributed by atoms with Crippen LogP contribution < -0.4 is 10.4 Å². The molecule has 0 unspecified atom stereocenters. The third-order valence-corrected chi connectivity index (χ3v) is 4.96. The van der Waals surface area contributed by atoms with Gasteiger partial charge in [0.1, 0.15) is 11.3 Å². The second kappa shape index (κ2) is 10.6. The summed E-state index contributed by atoms with van der Waals surface area (Å²) in [6.45, 7) is 4.06. The Balaban J connectivity index is 2.02. The Morgan fingerprint density at radius 2 is 1.80 bits per heavy atom. The summed E-state index contributed by atoms with van der Waals surface area (Å²) in [5.74, 6) is 0.134. The molecule has 30 heavy (non-hydrogen) atoms. The number of carbonyl (C=O) groups is 1. The lowest BCUT2D eigenvalue weighted by Crippen LogP contribution is -2.15. The van der Waals surface area contributed by atoms with Crippen LogP contribution in [-0.2, 0) is 16.0 Å². The average molecular weight is 408 g/mol. The molecule has 0 saturated heterocycles. The van der Waals surface area contributed by atoms with Crippen LogP contribution in [0.2, 0.25) is 0 Å². The summed E-state index contributed by atoms with van der Waals surface area (Å²) in [6.07, 6.45) is 5.30. The van der Waals surface area contributed by atoms with Gasteiger partial charge < -0.3 is 13.9 Å². The van der Waals surface area contributed by atoms with Crippen molar-refractivity contribution in [3.63, 3.8) is 0 Å². The van der Waals surface area contributed by atoms with Gasteiger partial charge in [-0.3, -0.25) is 0 Å². The van der Waals surface area contributed by atoms with Crippen molar-refractivity contribution < 1.29 is 18.7 Å². The van der Waals surface area contributed by atoms with Crippen LogP contribution in [0.25, 0.3) is 22.1 Å². The standard InChI is InChI=1S/C25H28O5/c1-3-5-6-8-13-19-14-21-20(18-11-9-7-10-12-18)15-24(26)30-23(21)16-22(19)29-17-25(27)28-4-2/h7,9-12,14-16H,3-6,8,13,17H2,1-2H3. The Bertz CT molecular complexity index is 1040. The molecule has 158 valence electrons. The molecule has 0 saturated carbocycles. The van der Waals surface area contributed by atoms with Crippen molar-refractivity contribution in [1.29, 1.82) is 0 Å². The zero-order chi connectivity index (χ0) is 21.3. The van der Waals surface area contributed by atoms with Gasteiger partial charge in [0.2, 0.25) is 0 Å². The number of unbranched alkanes of at least 4 members (excludes halogenated alkanes) is 3. The second-order valence-corrected chi connectivity index (χ2v) is 7.21. The topological polar surface area (TPSA) is 65.7 Å². The SMILES string of the molecule is CCCCCCc1cc2c(-c3ccccc3)cc(=O)oc2cc1OCC(=O)OCC. The maximum atomic E-state index is 12.2. The molecule has 0 aliphatic heterocycles. The molecule has 0 bridgehead atoms. The summed E-state index contributed by atoms with van der Waals surface area (Å²) in [4.78, 5) is 24.0. The monoisotopic (exact) mass is 408 g/mol. The molecule has 0 N–H and O–H groups in total. The number of hydrogen-bond acceptors (Lipinski definition) is 5. The molecular formula is C25H28O5. The predicted octanol–water partition coefficient (Wildman–Crippen LogP) is 5.52. The minimum atomic E-state index is -0.423. The van der Waals surface area contributed by atoms with E-state index in [1.165, 1.54) is 12.5 Å². The number of hydrogen-bond donors (Lipinski definition) is 0. The van der Waals surface area contributed by atoms with Crippen LogP contribution in [0, 0.1) is 0 Å². The number of benzene rings is 2. The first-order chi connectivity index (χ1) is 14.6. The molecule has 0 aliphatic rings. The molecule has 5 heteroatoms. The molecule has 0 atom stereocenters. The lowest BCUT2D eigenvalue weighted by atomic mass is 9.98. The van der Waals surface area contributed by atoms with E-state index in [1.807, 2.05) is 36.4 Å². The fourth-order valence-electron chi connectivity index (χ4n) is 3.50. The van der Waals surface area contributed by atoms with Gasteiger partial charge in [0, 0.05) is 17.5 Å². The van der Waals surface area contributed by atoms with E-state index in [0.29, 0.717) is 17.9 Å². The van der Waals surface area contributed by atoms with Gasteiger partial charge in [0.05, 0.1) is 6.61 Å². The van der Waals surface area contributed by atoms with E-state index in [4.69, 9.17) is 13.9 Å². The average Bonchev–Trinajstić information content (AvgIpc) is 2.75. The number of ether oxygens (including phenoxy) is 2. The number of rotatable bonds is 10. The lowest BCUT2D eigenvalue weighted by molar-refractivity contribution is -0.145. The van der Waals surface area contributed by atoms with Crippen molar-refractivity contribution in [3.8, 4) is 16.9 Å². The van der Waals surface area contributed by atoms with E-state index in [1.54, 1.807) is 13.0 Å². The molecule has 0 fully saturated rings. The molecule has 3 rings (SSSR count). The van der Waals surface area contributed by atoms with Crippen LogP contribution in [0.3, 0.4) is 0 Å². The Morgan fingerprint density at radius 3 is 2.53 bits per heavy atom. The van der Waals surface area contributed by atoms with Crippen LogP contribution >= 0.6 is 0 Å². The minimum Gasteiger partial charge on any atom is -0.481 e. The first-order valence-electron chi connectivity index (χ1n) is 10.6. The van der Waals surface area contributed by atoms with Crippen molar-refractivity contribution in [2.24, 2.45) is 0 Å². The van der Waals surface area contributed by atoms with Crippen molar-refractivity contribution in [1.82, 2.24) is 0 Å². The molecule has 1 aromatic heterocycles. The third kappa shape index (κ3) is 5.50. The number of fused-ring (bicyclic) bond motifs is 1. The van der Waals surface area contributed by atoms with Crippen LogP contribution in [0.15, 0.2) is 57.7 Å². The van der Waals surface area contributed by atoms with Gasteiger partial charge in [-0.25, -0.2) is 9.59 Å². The summed E-state index contributed by atoms with van der Waals surface area (Å²) in [7, 11) is 0. The fourth-order valence-corrected chi connectivity index (χ4v) is 3.50. The van der Waals surface area contributed by atoms with Gasteiger partial charge >= 0.3 is 11.6 Å². The molecule has 0 spiro atoms. The highest BCUT2D eigenvalue weighted by Crippen LogP contribution is 2.33. The van der Waals surface area contributed by atoms with E-state index < -0.39 is 11.6 Å². The van der Waals surface area contributed by atoms with E-state index in [0.717, 1.165) is 47.8 Å². The van der Waals surface area contributed by atoms with Crippen molar-refractivity contribution in [2.75, 3.05) is 13.2 Å². The highest BCUT2D eigenvalue weighted by atomic mass is 16.6. The Labute approximate surface area is 176 Å². The normalized spacial score (nSPS) is 10.9.